The number of nitrogens with two attached hydrogens (primary N) is 1. The van der Waals surface area contributed by atoms with Gasteiger partial charge < -0.3 is 5.73 Å². The van der Waals surface area contributed by atoms with Gasteiger partial charge in [-0.3, -0.25) is 4.68 Å². The van der Waals surface area contributed by atoms with Gasteiger partial charge in [0.25, 0.3) is 0 Å². The predicted molar refractivity (Wildman–Crippen MR) is 49.8 cm³/mol. The SMILES string of the molecule is Cc1cnn(CCCC(C)N)c1. The molecule has 1 heterocycles. The highest BCUT2D eigenvalue weighted by atomic mass is 15.3. The van der Waals surface area contributed by atoms with Crippen LogP contribution in [0, 0.1) is 6.92 Å². The molecule has 2 N–H and O–H groups in total. The Morgan fingerprint density at radius 2 is 2.42 bits per heavy atom. The van der Waals surface area contributed by atoms with Gasteiger partial charge in [0.05, 0.1) is 6.20 Å². The molecule has 0 saturated heterocycles. The molecule has 12 heavy (non-hydrogen) atoms. The van der Waals surface area contributed by atoms with E-state index >= 15 is 0 Å². The smallest absolute Gasteiger partial charge is 0.0518 e. The molecule has 1 atom stereocenters. The second-order valence-corrected chi connectivity index (χ2v) is 3.40. The molecular formula is C9H17N3. The minimum atomic E-state index is 0.307. The number of aryl methyl sites for hydroxylation is 2. The van der Waals surface area contributed by atoms with Gasteiger partial charge in [0, 0.05) is 18.8 Å². The first kappa shape index (κ1) is 9.26. The molecule has 0 radical (unpaired) electrons. The summed E-state index contributed by atoms with van der Waals surface area (Å²) in [5.41, 5.74) is 6.85. The van der Waals surface area contributed by atoms with E-state index in [2.05, 4.69) is 18.2 Å². The average molecular weight is 167 g/mol. The van der Waals surface area contributed by atoms with Crippen molar-refractivity contribution >= 4 is 0 Å². The van der Waals surface area contributed by atoms with Crippen molar-refractivity contribution in [2.24, 2.45) is 5.73 Å². The highest BCUT2D eigenvalue weighted by molar-refractivity contribution is 4.99. The van der Waals surface area contributed by atoms with E-state index in [1.807, 2.05) is 17.8 Å². The zero-order valence-electron chi connectivity index (χ0n) is 7.83. The summed E-state index contributed by atoms with van der Waals surface area (Å²) in [7, 11) is 0. The van der Waals surface area contributed by atoms with Crippen LogP contribution in [0.4, 0.5) is 0 Å². The van der Waals surface area contributed by atoms with Gasteiger partial charge in [-0.05, 0) is 32.3 Å². The average Bonchev–Trinajstić information content (AvgIpc) is 2.35. The number of hydrogen-bond acceptors (Lipinski definition) is 2. The molecule has 0 bridgehead atoms. The quantitative estimate of drug-likeness (QED) is 0.735. The summed E-state index contributed by atoms with van der Waals surface area (Å²) < 4.78 is 1.97. The number of nitrogens with zero attached hydrogens (tertiary/aromatic N) is 2. The molecule has 1 aromatic heterocycles. The van der Waals surface area contributed by atoms with Gasteiger partial charge in [0.15, 0.2) is 0 Å². The van der Waals surface area contributed by atoms with E-state index in [-0.39, 0.29) is 0 Å². The molecule has 0 amide bonds. The third-order valence-electron chi connectivity index (χ3n) is 1.81. The number of rotatable bonds is 4. The second kappa shape index (κ2) is 4.26. The largest absolute Gasteiger partial charge is 0.328 e. The Balaban J connectivity index is 2.24. The number of hydrogen-bond donors (Lipinski definition) is 1. The van der Waals surface area contributed by atoms with Crippen molar-refractivity contribution in [2.45, 2.75) is 39.3 Å². The van der Waals surface area contributed by atoms with Crippen molar-refractivity contribution in [1.29, 1.82) is 0 Å². The van der Waals surface area contributed by atoms with Gasteiger partial charge in [-0.2, -0.15) is 5.10 Å². The minimum absolute atomic E-state index is 0.307. The van der Waals surface area contributed by atoms with Crippen LogP contribution in [0.5, 0.6) is 0 Å². The Morgan fingerprint density at radius 3 is 2.92 bits per heavy atom. The Labute approximate surface area is 73.6 Å². The topological polar surface area (TPSA) is 43.8 Å². The maximum absolute atomic E-state index is 5.63. The van der Waals surface area contributed by atoms with Crippen LogP contribution in [0.15, 0.2) is 12.4 Å². The van der Waals surface area contributed by atoms with E-state index in [4.69, 9.17) is 5.73 Å². The van der Waals surface area contributed by atoms with E-state index in [1.165, 1.54) is 5.56 Å². The molecule has 3 nitrogen and oxygen atoms in total. The first-order valence-corrected chi connectivity index (χ1v) is 4.43. The molecule has 0 aliphatic heterocycles. The fourth-order valence-corrected chi connectivity index (χ4v) is 1.16. The standard InChI is InChI=1S/C9H17N3/c1-8-6-11-12(7-8)5-3-4-9(2)10/h6-7,9H,3-5,10H2,1-2H3. The molecular weight excluding hydrogens is 150 g/mol. The summed E-state index contributed by atoms with van der Waals surface area (Å²) in [4.78, 5) is 0. The zero-order valence-corrected chi connectivity index (χ0v) is 7.83. The maximum Gasteiger partial charge on any atom is 0.0518 e. The Bertz CT molecular complexity index is 227. The second-order valence-electron chi connectivity index (χ2n) is 3.40. The fourth-order valence-electron chi connectivity index (χ4n) is 1.16. The lowest BCUT2D eigenvalue weighted by molar-refractivity contribution is 0.524. The third kappa shape index (κ3) is 3.05. The van der Waals surface area contributed by atoms with Gasteiger partial charge in [-0.15, -0.1) is 0 Å². The van der Waals surface area contributed by atoms with E-state index in [1.54, 1.807) is 0 Å². The predicted octanol–water partition coefficient (Wildman–Crippen LogP) is 1.32. The molecule has 0 saturated carbocycles. The van der Waals surface area contributed by atoms with Gasteiger partial charge in [0.1, 0.15) is 0 Å². The lowest BCUT2D eigenvalue weighted by Gasteiger charge is -2.04. The van der Waals surface area contributed by atoms with E-state index in [9.17, 15) is 0 Å². The normalized spacial score (nSPS) is 13.2. The van der Waals surface area contributed by atoms with E-state index < -0.39 is 0 Å². The molecule has 0 spiro atoms. The van der Waals surface area contributed by atoms with Crippen molar-refractivity contribution in [3.05, 3.63) is 18.0 Å². The summed E-state index contributed by atoms with van der Waals surface area (Å²) in [6.45, 7) is 5.07. The fraction of sp³-hybridized carbons (Fsp3) is 0.667. The van der Waals surface area contributed by atoms with Crippen LogP contribution in [0.2, 0.25) is 0 Å². The summed E-state index contributed by atoms with van der Waals surface area (Å²) in [5.74, 6) is 0. The lowest BCUT2D eigenvalue weighted by atomic mass is 10.2. The third-order valence-corrected chi connectivity index (χ3v) is 1.81. The highest BCUT2D eigenvalue weighted by Gasteiger charge is 1.96. The molecule has 3 heteroatoms. The van der Waals surface area contributed by atoms with E-state index in [0.717, 1.165) is 19.4 Å². The highest BCUT2D eigenvalue weighted by Crippen LogP contribution is 1.99. The molecule has 0 fully saturated rings. The monoisotopic (exact) mass is 167 g/mol. The van der Waals surface area contributed by atoms with Crippen LogP contribution in [0.3, 0.4) is 0 Å². The molecule has 0 aliphatic rings. The summed E-state index contributed by atoms with van der Waals surface area (Å²) in [6, 6.07) is 0.307. The van der Waals surface area contributed by atoms with Gasteiger partial charge in [-0.25, -0.2) is 0 Å². The Hall–Kier alpha value is -0.830. The Morgan fingerprint density at radius 1 is 1.67 bits per heavy atom. The van der Waals surface area contributed by atoms with Crippen LogP contribution in [0.1, 0.15) is 25.3 Å². The molecule has 0 aromatic carbocycles. The van der Waals surface area contributed by atoms with Crippen LogP contribution in [-0.2, 0) is 6.54 Å². The molecule has 68 valence electrons. The Kier molecular flexibility index (Phi) is 3.29. The molecule has 1 rings (SSSR count). The first-order valence-electron chi connectivity index (χ1n) is 4.43. The van der Waals surface area contributed by atoms with Gasteiger partial charge >= 0.3 is 0 Å². The van der Waals surface area contributed by atoms with Crippen LogP contribution >= 0.6 is 0 Å². The zero-order chi connectivity index (χ0) is 8.97. The summed E-state index contributed by atoms with van der Waals surface area (Å²) in [6.07, 6.45) is 6.12. The maximum atomic E-state index is 5.63. The number of aromatic nitrogens is 2. The van der Waals surface area contributed by atoms with E-state index in [0.29, 0.717) is 6.04 Å². The summed E-state index contributed by atoms with van der Waals surface area (Å²) in [5, 5.41) is 4.19. The van der Waals surface area contributed by atoms with Crippen LogP contribution in [0.25, 0.3) is 0 Å². The van der Waals surface area contributed by atoms with Crippen molar-refractivity contribution < 1.29 is 0 Å². The molecule has 1 aromatic rings. The van der Waals surface area contributed by atoms with Gasteiger partial charge in [-0.1, -0.05) is 0 Å². The van der Waals surface area contributed by atoms with Crippen molar-refractivity contribution in [1.82, 2.24) is 9.78 Å². The van der Waals surface area contributed by atoms with Crippen LogP contribution in [-0.4, -0.2) is 15.8 Å². The first-order chi connectivity index (χ1) is 5.68. The lowest BCUT2D eigenvalue weighted by Crippen LogP contribution is -2.15. The van der Waals surface area contributed by atoms with Crippen LogP contribution < -0.4 is 5.73 Å². The molecule has 0 aliphatic carbocycles. The van der Waals surface area contributed by atoms with Crippen molar-refractivity contribution in [2.75, 3.05) is 0 Å². The van der Waals surface area contributed by atoms with Crippen molar-refractivity contribution in [3.63, 3.8) is 0 Å². The summed E-state index contributed by atoms with van der Waals surface area (Å²) >= 11 is 0. The van der Waals surface area contributed by atoms with Gasteiger partial charge in [0.2, 0.25) is 0 Å². The minimum Gasteiger partial charge on any atom is -0.328 e. The molecule has 1 unspecified atom stereocenters. The van der Waals surface area contributed by atoms with Crippen molar-refractivity contribution in [3.8, 4) is 0 Å².